The second-order valence-electron chi connectivity index (χ2n) is 2.97. The fourth-order valence-electron chi connectivity index (χ4n) is 1.20. The second kappa shape index (κ2) is 2.67. The standard InChI is InChI=1S/C7H16N2/c1-3-9-4-7(5-9)6(2)8/h6-7H,3-5,8H2,1-2H3. The van der Waals surface area contributed by atoms with Gasteiger partial charge in [-0.1, -0.05) is 6.92 Å². The number of rotatable bonds is 2. The predicted molar refractivity (Wildman–Crippen MR) is 39.3 cm³/mol. The molecule has 0 aromatic heterocycles. The molecule has 1 unspecified atom stereocenters. The molecule has 54 valence electrons. The first kappa shape index (κ1) is 7.03. The minimum Gasteiger partial charge on any atom is -0.328 e. The zero-order valence-electron chi connectivity index (χ0n) is 6.30. The van der Waals surface area contributed by atoms with Crippen molar-refractivity contribution in [2.45, 2.75) is 19.9 Å². The topological polar surface area (TPSA) is 29.3 Å². The summed E-state index contributed by atoms with van der Waals surface area (Å²) < 4.78 is 0. The highest BCUT2D eigenvalue weighted by Crippen LogP contribution is 2.16. The molecule has 2 nitrogen and oxygen atoms in total. The number of hydrogen-bond acceptors (Lipinski definition) is 2. The van der Waals surface area contributed by atoms with E-state index in [-0.39, 0.29) is 0 Å². The molecule has 0 saturated carbocycles. The minimum atomic E-state index is 0.396. The molecule has 2 N–H and O–H groups in total. The van der Waals surface area contributed by atoms with Crippen molar-refractivity contribution >= 4 is 0 Å². The summed E-state index contributed by atoms with van der Waals surface area (Å²) in [5, 5.41) is 0. The predicted octanol–water partition coefficient (Wildman–Crippen LogP) is 0.285. The highest BCUT2D eigenvalue weighted by atomic mass is 15.2. The smallest absolute Gasteiger partial charge is 0.00632 e. The van der Waals surface area contributed by atoms with E-state index in [1.165, 1.54) is 19.6 Å². The van der Waals surface area contributed by atoms with E-state index in [0.717, 1.165) is 5.92 Å². The van der Waals surface area contributed by atoms with E-state index in [0.29, 0.717) is 6.04 Å². The van der Waals surface area contributed by atoms with Crippen LogP contribution in [0, 0.1) is 5.92 Å². The zero-order valence-corrected chi connectivity index (χ0v) is 6.30. The minimum absolute atomic E-state index is 0.396. The molecule has 0 radical (unpaired) electrons. The van der Waals surface area contributed by atoms with Crippen LogP contribution in [0.2, 0.25) is 0 Å². The van der Waals surface area contributed by atoms with Crippen LogP contribution in [-0.4, -0.2) is 30.6 Å². The Labute approximate surface area is 57.0 Å². The molecule has 0 aliphatic carbocycles. The monoisotopic (exact) mass is 128 g/mol. The van der Waals surface area contributed by atoms with Crippen molar-refractivity contribution < 1.29 is 0 Å². The zero-order chi connectivity index (χ0) is 6.85. The summed E-state index contributed by atoms with van der Waals surface area (Å²) in [7, 11) is 0. The molecule has 0 aromatic rings. The Hall–Kier alpha value is -0.0800. The third-order valence-electron chi connectivity index (χ3n) is 2.18. The van der Waals surface area contributed by atoms with Crippen molar-refractivity contribution in [3.63, 3.8) is 0 Å². The van der Waals surface area contributed by atoms with Gasteiger partial charge in [0.05, 0.1) is 0 Å². The average molecular weight is 128 g/mol. The molecule has 1 heterocycles. The van der Waals surface area contributed by atoms with Gasteiger partial charge >= 0.3 is 0 Å². The van der Waals surface area contributed by atoms with Crippen LogP contribution >= 0.6 is 0 Å². The molecule has 2 heteroatoms. The van der Waals surface area contributed by atoms with Crippen LogP contribution < -0.4 is 5.73 Å². The summed E-state index contributed by atoms with van der Waals surface area (Å²) in [5.74, 6) is 0.768. The maximum atomic E-state index is 5.69. The van der Waals surface area contributed by atoms with Crippen molar-refractivity contribution in [3.05, 3.63) is 0 Å². The van der Waals surface area contributed by atoms with E-state index >= 15 is 0 Å². The fourth-order valence-corrected chi connectivity index (χ4v) is 1.20. The number of hydrogen-bond donors (Lipinski definition) is 1. The third-order valence-corrected chi connectivity index (χ3v) is 2.18. The molecule has 0 aromatic carbocycles. The Balaban J connectivity index is 2.12. The lowest BCUT2D eigenvalue weighted by Crippen LogP contribution is -2.53. The maximum absolute atomic E-state index is 5.69. The summed E-state index contributed by atoms with van der Waals surface area (Å²) in [4.78, 5) is 2.41. The second-order valence-corrected chi connectivity index (χ2v) is 2.97. The van der Waals surface area contributed by atoms with Gasteiger partial charge in [-0.15, -0.1) is 0 Å². The Morgan fingerprint density at radius 2 is 2.22 bits per heavy atom. The van der Waals surface area contributed by atoms with Gasteiger partial charge in [0, 0.05) is 19.1 Å². The summed E-state index contributed by atoms with van der Waals surface area (Å²) in [5.41, 5.74) is 5.69. The molecular formula is C7H16N2. The van der Waals surface area contributed by atoms with Crippen LogP contribution in [0.1, 0.15) is 13.8 Å². The van der Waals surface area contributed by atoms with Crippen molar-refractivity contribution in [3.8, 4) is 0 Å². The highest BCUT2D eigenvalue weighted by molar-refractivity contribution is 4.83. The van der Waals surface area contributed by atoms with Gasteiger partial charge in [0.1, 0.15) is 0 Å². The molecule has 0 spiro atoms. The van der Waals surface area contributed by atoms with Crippen LogP contribution in [0.5, 0.6) is 0 Å². The van der Waals surface area contributed by atoms with Crippen LogP contribution in [0.15, 0.2) is 0 Å². The number of likely N-dealkylation sites (tertiary alicyclic amines) is 1. The summed E-state index contributed by atoms with van der Waals surface area (Å²) in [6.45, 7) is 7.90. The van der Waals surface area contributed by atoms with Crippen LogP contribution in [-0.2, 0) is 0 Å². The van der Waals surface area contributed by atoms with Crippen molar-refractivity contribution in [2.24, 2.45) is 11.7 Å². The Morgan fingerprint density at radius 3 is 2.56 bits per heavy atom. The SMILES string of the molecule is CCN1CC(C(C)N)C1. The molecule has 1 aliphatic rings. The molecule has 0 amide bonds. The first-order valence-corrected chi connectivity index (χ1v) is 3.72. The maximum Gasteiger partial charge on any atom is 0.00632 e. The molecule has 1 fully saturated rings. The van der Waals surface area contributed by atoms with Crippen LogP contribution in [0.3, 0.4) is 0 Å². The van der Waals surface area contributed by atoms with E-state index in [9.17, 15) is 0 Å². The average Bonchev–Trinajstić information content (AvgIpc) is 1.61. The number of nitrogens with two attached hydrogens (primary N) is 1. The van der Waals surface area contributed by atoms with Crippen LogP contribution in [0.4, 0.5) is 0 Å². The normalized spacial score (nSPS) is 25.7. The fraction of sp³-hybridized carbons (Fsp3) is 1.00. The molecular weight excluding hydrogens is 112 g/mol. The summed E-state index contributed by atoms with van der Waals surface area (Å²) in [6.07, 6.45) is 0. The largest absolute Gasteiger partial charge is 0.328 e. The first-order valence-electron chi connectivity index (χ1n) is 3.72. The Bertz CT molecular complexity index is 84.9. The molecule has 0 bridgehead atoms. The molecule has 1 aliphatic heterocycles. The molecule has 1 saturated heterocycles. The number of nitrogens with zero attached hydrogens (tertiary/aromatic N) is 1. The van der Waals surface area contributed by atoms with Gasteiger partial charge in [0.15, 0.2) is 0 Å². The lowest BCUT2D eigenvalue weighted by Gasteiger charge is -2.40. The molecule has 1 rings (SSSR count). The summed E-state index contributed by atoms with van der Waals surface area (Å²) >= 11 is 0. The molecule has 9 heavy (non-hydrogen) atoms. The van der Waals surface area contributed by atoms with Gasteiger partial charge in [-0.05, 0) is 19.4 Å². The van der Waals surface area contributed by atoms with Gasteiger partial charge in [0.25, 0.3) is 0 Å². The van der Waals surface area contributed by atoms with E-state index in [1.807, 2.05) is 0 Å². The van der Waals surface area contributed by atoms with E-state index in [4.69, 9.17) is 5.73 Å². The highest BCUT2D eigenvalue weighted by Gasteiger charge is 2.27. The van der Waals surface area contributed by atoms with Gasteiger partial charge in [-0.25, -0.2) is 0 Å². The van der Waals surface area contributed by atoms with Gasteiger partial charge < -0.3 is 10.6 Å². The third kappa shape index (κ3) is 1.43. The lowest BCUT2D eigenvalue weighted by atomic mass is 9.94. The van der Waals surface area contributed by atoms with E-state index in [1.54, 1.807) is 0 Å². The quantitative estimate of drug-likeness (QED) is 0.579. The summed E-state index contributed by atoms with van der Waals surface area (Å²) in [6, 6.07) is 0.396. The molecule has 1 atom stereocenters. The van der Waals surface area contributed by atoms with Gasteiger partial charge in [-0.3, -0.25) is 0 Å². The lowest BCUT2D eigenvalue weighted by molar-refractivity contribution is 0.0925. The first-order chi connectivity index (χ1) is 4.24. The van der Waals surface area contributed by atoms with Gasteiger partial charge in [-0.2, -0.15) is 0 Å². The Morgan fingerprint density at radius 1 is 1.67 bits per heavy atom. The van der Waals surface area contributed by atoms with Crippen molar-refractivity contribution in [1.29, 1.82) is 0 Å². The van der Waals surface area contributed by atoms with E-state index < -0.39 is 0 Å². The van der Waals surface area contributed by atoms with Crippen LogP contribution in [0.25, 0.3) is 0 Å². The van der Waals surface area contributed by atoms with Crippen molar-refractivity contribution in [2.75, 3.05) is 19.6 Å². The van der Waals surface area contributed by atoms with Gasteiger partial charge in [0.2, 0.25) is 0 Å². The van der Waals surface area contributed by atoms with E-state index in [2.05, 4.69) is 18.7 Å². The Kier molecular flexibility index (Phi) is 2.09. The van der Waals surface area contributed by atoms with Crippen molar-refractivity contribution in [1.82, 2.24) is 4.90 Å².